The van der Waals surface area contributed by atoms with Crippen molar-refractivity contribution in [1.29, 1.82) is 0 Å². The van der Waals surface area contributed by atoms with Crippen molar-refractivity contribution < 1.29 is 24.2 Å². The molecular formula is C24H24FN7O4. The van der Waals surface area contributed by atoms with Crippen LogP contribution in [0.1, 0.15) is 11.3 Å². The molecule has 0 aliphatic carbocycles. The number of aromatic hydroxyl groups is 1. The van der Waals surface area contributed by atoms with Crippen molar-refractivity contribution in [2.24, 2.45) is 0 Å². The van der Waals surface area contributed by atoms with Crippen LogP contribution in [0.3, 0.4) is 0 Å². The Balaban J connectivity index is 0.000000967. The highest BCUT2D eigenvalue weighted by atomic mass is 19.1. The zero-order valence-electron chi connectivity index (χ0n) is 19.6. The number of benzene rings is 1. The molecular weight excluding hydrogens is 469 g/mol. The first-order valence-electron chi connectivity index (χ1n) is 10.9. The van der Waals surface area contributed by atoms with Gasteiger partial charge in [0.15, 0.2) is 11.6 Å². The largest absolute Gasteiger partial charge is 0.506 e. The van der Waals surface area contributed by atoms with Gasteiger partial charge in [-0.25, -0.2) is 9.37 Å². The Bertz CT molecular complexity index is 1470. The number of amides is 1. The van der Waals surface area contributed by atoms with Gasteiger partial charge in [-0.15, -0.1) is 0 Å². The maximum atomic E-state index is 15.1. The molecule has 5 N–H and O–H groups in total. The van der Waals surface area contributed by atoms with E-state index in [1.54, 1.807) is 35.7 Å². The fourth-order valence-electron chi connectivity index (χ4n) is 3.99. The van der Waals surface area contributed by atoms with Crippen LogP contribution < -0.4 is 11.1 Å². The molecule has 1 aliphatic heterocycles. The molecule has 186 valence electrons. The highest BCUT2D eigenvalue weighted by Crippen LogP contribution is 2.36. The highest BCUT2D eigenvalue weighted by molar-refractivity contribution is 5.98. The minimum Gasteiger partial charge on any atom is -0.506 e. The Morgan fingerprint density at radius 3 is 2.67 bits per heavy atom. The molecule has 1 amide bonds. The van der Waals surface area contributed by atoms with Crippen LogP contribution in [0.25, 0.3) is 21.9 Å². The number of carbonyl (C=O) groups is 2. The maximum absolute atomic E-state index is 15.1. The molecule has 0 saturated carbocycles. The van der Waals surface area contributed by atoms with Gasteiger partial charge in [-0.2, -0.15) is 5.10 Å². The van der Waals surface area contributed by atoms with Crippen LogP contribution in [-0.2, 0) is 22.6 Å². The fraction of sp³-hybridized carbons (Fsp3) is 0.208. The van der Waals surface area contributed by atoms with Crippen LogP contribution in [0.15, 0.2) is 36.8 Å². The SMILES string of the molecule is Cc1c(O)cncc1-c1cc2cc(Nc3cc4n(n3)CC(=O)N(C)CC4)ncc2c(N)c1F.O=CO. The summed E-state index contributed by atoms with van der Waals surface area (Å²) in [6.07, 6.45) is 5.02. The van der Waals surface area contributed by atoms with E-state index >= 15 is 4.39 Å². The lowest BCUT2D eigenvalue weighted by Gasteiger charge is -2.13. The Hall–Kier alpha value is -4.74. The number of likely N-dealkylation sites (N-methyl/N-ethyl adjacent to an activating group) is 1. The van der Waals surface area contributed by atoms with E-state index in [1.165, 1.54) is 18.6 Å². The Labute approximate surface area is 205 Å². The minimum absolute atomic E-state index is 0.00833. The summed E-state index contributed by atoms with van der Waals surface area (Å²) >= 11 is 0. The molecule has 11 nitrogen and oxygen atoms in total. The van der Waals surface area contributed by atoms with Crippen molar-refractivity contribution in [3.63, 3.8) is 0 Å². The molecule has 1 aliphatic rings. The first kappa shape index (κ1) is 24.4. The number of halogens is 1. The smallest absolute Gasteiger partial charge is 0.290 e. The fourth-order valence-corrected chi connectivity index (χ4v) is 3.99. The number of aromatic nitrogens is 4. The number of hydrogen-bond donors (Lipinski definition) is 4. The van der Waals surface area contributed by atoms with Gasteiger partial charge in [0.2, 0.25) is 5.91 Å². The number of nitrogens with two attached hydrogens (primary N) is 1. The summed E-state index contributed by atoms with van der Waals surface area (Å²) in [4.78, 5) is 30.5. The number of fused-ring (bicyclic) bond motifs is 2. The molecule has 1 aromatic carbocycles. The van der Waals surface area contributed by atoms with E-state index in [9.17, 15) is 9.90 Å². The third-order valence-corrected chi connectivity index (χ3v) is 6.01. The number of carbonyl (C=O) groups excluding carboxylic acids is 1. The van der Waals surface area contributed by atoms with Crippen molar-refractivity contribution in [2.75, 3.05) is 24.6 Å². The van der Waals surface area contributed by atoms with Gasteiger partial charge in [0.1, 0.15) is 18.1 Å². The molecule has 0 unspecified atom stereocenters. The monoisotopic (exact) mass is 493 g/mol. The first-order valence-corrected chi connectivity index (χ1v) is 10.9. The van der Waals surface area contributed by atoms with Gasteiger partial charge in [-0.3, -0.25) is 19.3 Å². The van der Waals surface area contributed by atoms with E-state index in [-0.39, 0.29) is 35.9 Å². The van der Waals surface area contributed by atoms with E-state index < -0.39 is 5.82 Å². The van der Waals surface area contributed by atoms with Crippen molar-refractivity contribution in [3.05, 3.63) is 53.9 Å². The van der Waals surface area contributed by atoms with Crippen LogP contribution in [0.5, 0.6) is 5.75 Å². The molecule has 0 bridgehead atoms. The number of nitrogens with zero attached hydrogens (tertiary/aromatic N) is 5. The average Bonchev–Trinajstić information content (AvgIpc) is 3.16. The maximum Gasteiger partial charge on any atom is 0.290 e. The van der Waals surface area contributed by atoms with Gasteiger partial charge in [0.25, 0.3) is 6.47 Å². The number of anilines is 3. The molecule has 0 atom stereocenters. The zero-order chi connectivity index (χ0) is 26.0. The lowest BCUT2D eigenvalue weighted by molar-refractivity contribution is -0.130. The summed E-state index contributed by atoms with van der Waals surface area (Å²) < 4.78 is 16.8. The van der Waals surface area contributed by atoms with E-state index in [0.717, 1.165) is 5.69 Å². The van der Waals surface area contributed by atoms with Gasteiger partial charge >= 0.3 is 0 Å². The molecule has 4 aromatic rings. The molecule has 0 spiro atoms. The van der Waals surface area contributed by atoms with Gasteiger partial charge < -0.3 is 26.2 Å². The van der Waals surface area contributed by atoms with E-state index in [2.05, 4.69) is 20.4 Å². The van der Waals surface area contributed by atoms with Crippen LogP contribution >= 0.6 is 0 Å². The third kappa shape index (κ3) is 4.60. The standard InChI is InChI=1S/C23H22FN7O2.CH2O2/c1-12-16(8-26-10-18(12)32)15-5-13-6-19(27-9-17(13)23(25)22(15)24)28-20-7-14-3-4-30(2)21(33)11-31(14)29-20;2-1-3/h5-10,32H,3-4,11,25H2,1-2H3,(H,27,28,29);1H,(H,2,3). The third-order valence-electron chi connectivity index (χ3n) is 6.01. The molecule has 0 radical (unpaired) electrons. The van der Waals surface area contributed by atoms with Crippen molar-refractivity contribution >= 4 is 40.5 Å². The molecule has 0 fully saturated rings. The van der Waals surface area contributed by atoms with Crippen molar-refractivity contribution in [2.45, 2.75) is 19.9 Å². The average molecular weight is 493 g/mol. The van der Waals surface area contributed by atoms with Crippen molar-refractivity contribution in [3.8, 4) is 16.9 Å². The number of carboxylic acid groups (broad SMARTS) is 1. The number of hydrogen-bond acceptors (Lipinski definition) is 8. The summed E-state index contributed by atoms with van der Waals surface area (Å²) in [7, 11) is 1.78. The van der Waals surface area contributed by atoms with Gasteiger partial charge in [-0.1, -0.05) is 0 Å². The molecule has 5 rings (SSSR count). The number of nitrogens with one attached hydrogen (secondary N) is 1. The Kier molecular flexibility index (Phi) is 6.68. The van der Waals surface area contributed by atoms with E-state index in [0.29, 0.717) is 46.5 Å². The molecule has 0 saturated heterocycles. The topological polar surface area (TPSA) is 159 Å². The Morgan fingerprint density at radius 1 is 1.17 bits per heavy atom. The predicted octanol–water partition coefficient (Wildman–Crippen LogP) is 2.69. The second-order valence-corrected chi connectivity index (χ2v) is 8.25. The van der Waals surface area contributed by atoms with Gasteiger partial charge in [0.05, 0.1) is 11.9 Å². The summed E-state index contributed by atoms with van der Waals surface area (Å²) in [6, 6.07) is 5.31. The minimum atomic E-state index is -0.590. The van der Waals surface area contributed by atoms with Crippen LogP contribution in [0, 0.1) is 12.7 Å². The second kappa shape index (κ2) is 9.86. The van der Waals surface area contributed by atoms with Crippen LogP contribution in [-0.4, -0.2) is 60.8 Å². The zero-order valence-corrected chi connectivity index (χ0v) is 19.6. The summed E-state index contributed by atoms with van der Waals surface area (Å²) in [5.74, 6) is 0.466. The van der Waals surface area contributed by atoms with Crippen molar-refractivity contribution in [1.82, 2.24) is 24.6 Å². The predicted molar refractivity (Wildman–Crippen MR) is 131 cm³/mol. The number of pyridine rings is 2. The summed E-state index contributed by atoms with van der Waals surface area (Å²) in [5.41, 5.74) is 8.22. The van der Waals surface area contributed by atoms with Crippen LogP contribution in [0.4, 0.5) is 21.7 Å². The lowest BCUT2D eigenvalue weighted by atomic mass is 9.98. The van der Waals surface area contributed by atoms with Gasteiger partial charge in [0, 0.05) is 66.2 Å². The molecule has 3 aromatic heterocycles. The van der Waals surface area contributed by atoms with Gasteiger partial charge in [-0.05, 0) is 24.4 Å². The normalized spacial score (nSPS) is 13.0. The summed E-state index contributed by atoms with van der Waals surface area (Å²) in [6.45, 7) is 2.27. The second-order valence-electron chi connectivity index (χ2n) is 8.25. The van der Waals surface area contributed by atoms with Crippen LogP contribution in [0.2, 0.25) is 0 Å². The number of nitrogen functional groups attached to an aromatic ring is 1. The number of rotatable bonds is 3. The molecule has 12 heteroatoms. The highest BCUT2D eigenvalue weighted by Gasteiger charge is 2.20. The quantitative estimate of drug-likeness (QED) is 0.248. The lowest BCUT2D eigenvalue weighted by Crippen LogP contribution is -2.29. The van der Waals surface area contributed by atoms with E-state index in [1.807, 2.05) is 6.07 Å². The Morgan fingerprint density at radius 2 is 1.92 bits per heavy atom. The summed E-state index contributed by atoms with van der Waals surface area (Å²) in [5, 5.41) is 25.7. The molecule has 4 heterocycles. The molecule has 36 heavy (non-hydrogen) atoms. The first-order chi connectivity index (χ1) is 17.2. The van der Waals surface area contributed by atoms with E-state index in [4.69, 9.17) is 15.6 Å².